The molecule has 0 saturated heterocycles. The standard InChI is InChI=1S/C9H8BrNO3/c1-2-9(12)7-5-6(11(13)14)3-4-8(7)10/h2-5,9,12H,1H2. The van der Waals surface area contributed by atoms with Crippen LogP contribution in [0, 0.1) is 10.1 Å². The molecule has 0 radical (unpaired) electrons. The van der Waals surface area contributed by atoms with Crippen LogP contribution in [0.3, 0.4) is 0 Å². The van der Waals surface area contributed by atoms with Gasteiger partial charge in [-0.2, -0.15) is 0 Å². The number of benzene rings is 1. The van der Waals surface area contributed by atoms with Crippen LogP contribution in [0.4, 0.5) is 5.69 Å². The van der Waals surface area contributed by atoms with Crippen molar-refractivity contribution in [2.24, 2.45) is 0 Å². The Morgan fingerprint density at radius 2 is 2.29 bits per heavy atom. The van der Waals surface area contributed by atoms with E-state index in [0.717, 1.165) is 0 Å². The van der Waals surface area contributed by atoms with Gasteiger partial charge in [0.15, 0.2) is 0 Å². The third-order valence-electron chi connectivity index (χ3n) is 1.73. The van der Waals surface area contributed by atoms with Crippen molar-refractivity contribution in [2.75, 3.05) is 0 Å². The SMILES string of the molecule is C=CC(O)c1cc([N+](=O)[O-])ccc1Br. The van der Waals surface area contributed by atoms with E-state index in [1.54, 1.807) is 0 Å². The fraction of sp³-hybridized carbons (Fsp3) is 0.111. The number of aliphatic hydroxyl groups excluding tert-OH is 1. The van der Waals surface area contributed by atoms with Crippen LogP contribution >= 0.6 is 15.9 Å². The second-order valence-corrected chi connectivity index (χ2v) is 3.50. The number of rotatable bonds is 3. The number of nitro groups is 1. The minimum Gasteiger partial charge on any atom is -0.384 e. The molecule has 1 aromatic rings. The first-order valence-electron chi connectivity index (χ1n) is 3.80. The first kappa shape index (κ1) is 10.9. The minimum atomic E-state index is -0.899. The van der Waals surface area contributed by atoms with E-state index in [4.69, 9.17) is 0 Å². The third kappa shape index (κ3) is 2.18. The molecule has 14 heavy (non-hydrogen) atoms. The summed E-state index contributed by atoms with van der Waals surface area (Å²) >= 11 is 3.19. The molecule has 1 N–H and O–H groups in total. The second kappa shape index (κ2) is 4.34. The highest BCUT2D eigenvalue weighted by molar-refractivity contribution is 9.10. The van der Waals surface area contributed by atoms with Crippen molar-refractivity contribution < 1.29 is 10.0 Å². The van der Waals surface area contributed by atoms with Gasteiger partial charge in [0.1, 0.15) is 0 Å². The van der Waals surface area contributed by atoms with Gasteiger partial charge in [0, 0.05) is 22.2 Å². The summed E-state index contributed by atoms with van der Waals surface area (Å²) in [6.45, 7) is 3.41. The van der Waals surface area contributed by atoms with Crippen LogP contribution in [0.15, 0.2) is 35.3 Å². The van der Waals surface area contributed by atoms with E-state index in [1.165, 1.54) is 24.3 Å². The Labute approximate surface area is 89.2 Å². The van der Waals surface area contributed by atoms with Gasteiger partial charge in [0.2, 0.25) is 0 Å². The predicted molar refractivity (Wildman–Crippen MR) is 56.0 cm³/mol. The summed E-state index contributed by atoms with van der Waals surface area (Å²) in [7, 11) is 0. The Balaban J connectivity index is 3.20. The molecule has 1 rings (SSSR count). The highest BCUT2D eigenvalue weighted by Crippen LogP contribution is 2.27. The summed E-state index contributed by atoms with van der Waals surface area (Å²) in [6, 6.07) is 4.21. The summed E-state index contributed by atoms with van der Waals surface area (Å²) < 4.78 is 0.621. The average Bonchev–Trinajstić information content (AvgIpc) is 2.17. The Hall–Kier alpha value is -1.20. The van der Waals surface area contributed by atoms with Gasteiger partial charge in [-0.1, -0.05) is 22.0 Å². The number of non-ortho nitro benzene ring substituents is 1. The lowest BCUT2D eigenvalue weighted by molar-refractivity contribution is -0.385. The largest absolute Gasteiger partial charge is 0.384 e. The third-order valence-corrected chi connectivity index (χ3v) is 2.45. The van der Waals surface area contributed by atoms with Crippen molar-refractivity contribution in [3.8, 4) is 0 Å². The van der Waals surface area contributed by atoms with Gasteiger partial charge in [0.25, 0.3) is 5.69 Å². The van der Waals surface area contributed by atoms with Gasteiger partial charge in [-0.15, -0.1) is 6.58 Å². The van der Waals surface area contributed by atoms with Crippen molar-refractivity contribution >= 4 is 21.6 Å². The number of hydrogen-bond donors (Lipinski definition) is 1. The lowest BCUT2D eigenvalue weighted by atomic mass is 10.1. The minimum absolute atomic E-state index is 0.0518. The zero-order valence-corrected chi connectivity index (χ0v) is 8.77. The van der Waals surface area contributed by atoms with Gasteiger partial charge >= 0.3 is 0 Å². The molecule has 1 atom stereocenters. The van der Waals surface area contributed by atoms with E-state index in [-0.39, 0.29) is 5.69 Å². The maximum Gasteiger partial charge on any atom is 0.269 e. The Kier molecular flexibility index (Phi) is 3.38. The highest BCUT2D eigenvalue weighted by atomic mass is 79.9. The summed E-state index contributed by atoms with van der Waals surface area (Å²) in [4.78, 5) is 9.95. The maximum atomic E-state index is 10.5. The molecule has 4 nitrogen and oxygen atoms in total. The molecule has 74 valence electrons. The van der Waals surface area contributed by atoms with Gasteiger partial charge in [0.05, 0.1) is 11.0 Å². The molecule has 0 aliphatic rings. The van der Waals surface area contributed by atoms with Crippen molar-refractivity contribution in [1.82, 2.24) is 0 Å². The van der Waals surface area contributed by atoms with Gasteiger partial charge < -0.3 is 5.11 Å². The lowest BCUT2D eigenvalue weighted by Crippen LogP contribution is -1.96. The van der Waals surface area contributed by atoms with Gasteiger partial charge in [-0.25, -0.2) is 0 Å². The fourth-order valence-corrected chi connectivity index (χ4v) is 1.48. The van der Waals surface area contributed by atoms with Crippen LogP contribution in [0.25, 0.3) is 0 Å². The van der Waals surface area contributed by atoms with Crippen LogP contribution in [-0.4, -0.2) is 10.0 Å². The van der Waals surface area contributed by atoms with Gasteiger partial charge in [-0.3, -0.25) is 10.1 Å². The van der Waals surface area contributed by atoms with Crippen molar-refractivity contribution in [2.45, 2.75) is 6.10 Å². The molecule has 0 spiro atoms. The maximum absolute atomic E-state index is 10.5. The molecule has 1 unspecified atom stereocenters. The van der Waals surface area contributed by atoms with Crippen LogP contribution in [0.1, 0.15) is 11.7 Å². The smallest absolute Gasteiger partial charge is 0.269 e. The summed E-state index contributed by atoms with van der Waals surface area (Å²) in [5.41, 5.74) is 0.387. The molecule has 0 aliphatic heterocycles. The molecule has 0 aromatic heterocycles. The van der Waals surface area contributed by atoms with Crippen LogP contribution in [0.5, 0.6) is 0 Å². The normalized spacial score (nSPS) is 12.1. The van der Waals surface area contributed by atoms with E-state index >= 15 is 0 Å². The molecule has 0 saturated carbocycles. The van der Waals surface area contributed by atoms with E-state index < -0.39 is 11.0 Å². The number of halogens is 1. The Bertz CT molecular complexity index is 378. The molecule has 5 heteroatoms. The second-order valence-electron chi connectivity index (χ2n) is 2.64. The molecule has 0 fully saturated rings. The molecule has 0 heterocycles. The molecule has 0 aliphatic carbocycles. The van der Waals surface area contributed by atoms with E-state index in [2.05, 4.69) is 22.5 Å². The van der Waals surface area contributed by atoms with Crippen molar-refractivity contribution in [3.63, 3.8) is 0 Å². The number of hydrogen-bond acceptors (Lipinski definition) is 3. The average molecular weight is 258 g/mol. The fourth-order valence-electron chi connectivity index (χ4n) is 0.998. The first-order valence-corrected chi connectivity index (χ1v) is 4.60. The topological polar surface area (TPSA) is 63.4 Å². The highest BCUT2D eigenvalue weighted by Gasteiger charge is 2.13. The van der Waals surface area contributed by atoms with Crippen molar-refractivity contribution in [1.29, 1.82) is 0 Å². The molecular formula is C9H8BrNO3. The zero-order valence-electron chi connectivity index (χ0n) is 7.18. The Morgan fingerprint density at radius 3 is 2.79 bits per heavy atom. The van der Waals surface area contributed by atoms with E-state index in [9.17, 15) is 15.2 Å². The summed E-state index contributed by atoms with van der Waals surface area (Å²) in [5, 5.41) is 19.9. The summed E-state index contributed by atoms with van der Waals surface area (Å²) in [6.07, 6.45) is 0.411. The van der Waals surface area contributed by atoms with E-state index in [1.807, 2.05) is 0 Å². The number of nitrogens with zero attached hydrogens (tertiary/aromatic N) is 1. The van der Waals surface area contributed by atoms with Crippen LogP contribution in [0.2, 0.25) is 0 Å². The zero-order chi connectivity index (χ0) is 10.7. The molecular weight excluding hydrogens is 250 g/mol. The first-order chi connectivity index (χ1) is 6.56. The van der Waals surface area contributed by atoms with Crippen LogP contribution < -0.4 is 0 Å². The lowest BCUT2D eigenvalue weighted by Gasteiger charge is -2.07. The summed E-state index contributed by atoms with van der Waals surface area (Å²) in [5.74, 6) is 0. The Morgan fingerprint density at radius 1 is 1.64 bits per heavy atom. The molecule has 0 bridgehead atoms. The molecule has 0 amide bonds. The van der Waals surface area contributed by atoms with Gasteiger partial charge in [-0.05, 0) is 6.07 Å². The number of aliphatic hydroxyl groups is 1. The monoisotopic (exact) mass is 257 g/mol. The quantitative estimate of drug-likeness (QED) is 0.514. The van der Waals surface area contributed by atoms with E-state index in [0.29, 0.717) is 10.0 Å². The van der Waals surface area contributed by atoms with Crippen molar-refractivity contribution in [3.05, 3.63) is 51.0 Å². The predicted octanol–water partition coefficient (Wildman–Crippen LogP) is 2.58. The van der Waals surface area contributed by atoms with Crippen LogP contribution in [-0.2, 0) is 0 Å². The molecule has 1 aromatic carbocycles. The number of nitro benzene ring substituents is 1.